The first-order valence-electron chi connectivity index (χ1n) is 8.30. The van der Waals surface area contributed by atoms with Crippen LogP contribution in [0.2, 0.25) is 0 Å². The first-order valence-corrected chi connectivity index (χ1v) is 9.74. The highest BCUT2D eigenvalue weighted by atomic mass is 35.5. The number of hydrogen-bond donors (Lipinski definition) is 1. The van der Waals surface area contributed by atoms with E-state index < -0.39 is 10.0 Å². The lowest BCUT2D eigenvalue weighted by Gasteiger charge is -2.35. The van der Waals surface area contributed by atoms with Crippen LogP contribution in [0.15, 0.2) is 29.2 Å². The third-order valence-electron chi connectivity index (χ3n) is 4.63. The average Bonchev–Trinajstić information content (AvgIpc) is 2.60. The molecule has 146 valence electrons. The highest BCUT2D eigenvalue weighted by Crippen LogP contribution is 2.19. The standard InChI is InChI=1S/C17H25N3O4S.ClH/c1-12(13(2)18)17(22)19-8-10-20(11-9-19)25(23,24)16-6-4-15(5-7-16)14(3)21;/h4-7,12-13H,8-11,18H2,1-3H3;1H. The van der Waals surface area contributed by atoms with Crippen molar-refractivity contribution in [2.75, 3.05) is 26.2 Å². The molecule has 0 aliphatic carbocycles. The summed E-state index contributed by atoms with van der Waals surface area (Å²) >= 11 is 0. The van der Waals surface area contributed by atoms with Gasteiger partial charge in [-0.15, -0.1) is 12.4 Å². The predicted octanol–water partition coefficient (Wildman–Crippen LogP) is 1.13. The maximum atomic E-state index is 12.7. The Bertz CT molecular complexity index is 742. The van der Waals surface area contributed by atoms with E-state index in [1.54, 1.807) is 18.7 Å². The molecule has 1 aromatic carbocycles. The maximum Gasteiger partial charge on any atom is 0.243 e. The van der Waals surface area contributed by atoms with E-state index in [0.717, 1.165) is 0 Å². The van der Waals surface area contributed by atoms with Gasteiger partial charge in [-0.2, -0.15) is 4.31 Å². The first-order chi connectivity index (χ1) is 11.6. The minimum atomic E-state index is -3.63. The third kappa shape index (κ3) is 4.82. The zero-order chi connectivity index (χ0) is 18.8. The van der Waals surface area contributed by atoms with Gasteiger partial charge in [-0.3, -0.25) is 9.59 Å². The molecule has 0 radical (unpaired) electrons. The minimum absolute atomic E-state index is 0. The second-order valence-electron chi connectivity index (χ2n) is 6.46. The fourth-order valence-corrected chi connectivity index (χ4v) is 4.09. The molecule has 0 spiro atoms. The monoisotopic (exact) mass is 403 g/mol. The summed E-state index contributed by atoms with van der Waals surface area (Å²) in [6, 6.07) is 5.68. The van der Waals surface area contributed by atoms with Gasteiger partial charge in [-0.1, -0.05) is 19.1 Å². The average molecular weight is 404 g/mol. The van der Waals surface area contributed by atoms with Gasteiger partial charge in [-0.25, -0.2) is 8.42 Å². The van der Waals surface area contributed by atoms with Crippen LogP contribution >= 0.6 is 12.4 Å². The molecule has 1 fully saturated rings. The summed E-state index contributed by atoms with van der Waals surface area (Å²) in [6.07, 6.45) is 0. The molecule has 2 atom stereocenters. The number of hydrogen-bond acceptors (Lipinski definition) is 5. The summed E-state index contributed by atoms with van der Waals surface area (Å²) in [5.41, 5.74) is 6.24. The van der Waals surface area contributed by atoms with E-state index in [4.69, 9.17) is 5.73 Å². The van der Waals surface area contributed by atoms with Crippen molar-refractivity contribution < 1.29 is 18.0 Å². The number of benzene rings is 1. The zero-order valence-corrected chi connectivity index (χ0v) is 16.8. The van der Waals surface area contributed by atoms with E-state index in [2.05, 4.69) is 0 Å². The van der Waals surface area contributed by atoms with Crippen LogP contribution in [0.3, 0.4) is 0 Å². The van der Waals surface area contributed by atoms with Crippen LogP contribution in [0.4, 0.5) is 0 Å². The lowest BCUT2D eigenvalue weighted by atomic mass is 10.0. The molecule has 0 bridgehead atoms. The number of nitrogens with zero attached hydrogens (tertiary/aromatic N) is 2. The second kappa shape index (κ2) is 8.94. The van der Waals surface area contributed by atoms with Gasteiger partial charge in [0.2, 0.25) is 15.9 Å². The van der Waals surface area contributed by atoms with E-state index >= 15 is 0 Å². The molecule has 1 aliphatic heterocycles. The number of amides is 1. The van der Waals surface area contributed by atoms with E-state index in [1.165, 1.54) is 35.5 Å². The third-order valence-corrected chi connectivity index (χ3v) is 6.54. The van der Waals surface area contributed by atoms with E-state index in [1.807, 2.05) is 0 Å². The van der Waals surface area contributed by atoms with E-state index in [0.29, 0.717) is 18.7 Å². The van der Waals surface area contributed by atoms with Crippen LogP contribution in [0, 0.1) is 5.92 Å². The van der Waals surface area contributed by atoms with Crippen molar-refractivity contribution >= 4 is 34.1 Å². The first kappa shape index (κ1) is 22.6. The summed E-state index contributed by atoms with van der Waals surface area (Å²) in [4.78, 5) is 25.4. The molecule has 1 aromatic rings. The van der Waals surface area contributed by atoms with Crippen molar-refractivity contribution in [1.29, 1.82) is 0 Å². The van der Waals surface area contributed by atoms with Gasteiger partial charge in [0.05, 0.1) is 10.8 Å². The molecule has 2 unspecified atom stereocenters. The Morgan fingerprint density at radius 2 is 1.54 bits per heavy atom. The molecular formula is C17H26ClN3O4S. The van der Waals surface area contributed by atoms with Crippen LogP contribution in [-0.2, 0) is 14.8 Å². The number of carbonyl (C=O) groups is 2. The summed E-state index contributed by atoms with van der Waals surface area (Å²) in [6.45, 7) is 6.19. The molecule has 1 aliphatic rings. The number of halogens is 1. The topological polar surface area (TPSA) is 101 Å². The summed E-state index contributed by atoms with van der Waals surface area (Å²) in [5, 5.41) is 0. The van der Waals surface area contributed by atoms with Gasteiger partial charge >= 0.3 is 0 Å². The smallest absolute Gasteiger partial charge is 0.243 e. The minimum Gasteiger partial charge on any atom is -0.340 e. The van der Waals surface area contributed by atoms with Crippen molar-refractivity contribution in [3.05, 3.63) is 29.8 Å². The molecule has 1 saturated heterocycles. The van der Waals surface area contributed by atoms with Crippen molar-refractivity contribution in [1.82, 2.24) is 9.21 Å². The summed E-state index contributed by atoms with van der Waals surface area (Å²) in [7, 11) is -3.63. The molecule has 1 amide bonds. The van der Waals surface area contributed by atoms with Crippen molar-refractivity contribution in [3.8, 4) is 0 Å². The number of rotatable bonds is 5. The molecule has 2 N–H and O–H groups in total. The van der Waals surface area contributed by atoms with Gasteiger partial charge in [0, 0.05) is 37.8 Å². The fourth-order valence-electron chi connectivity index (χ4n) is 2.67. The molecule has 7 nitrogen and oxygen atoms in total. The van der Waals surface area contributed by atoms with Crippen LogP contribution in [0.25, 0.3) is 0 Å². The number of ketones is 1. The molecule has 9 heteroatoms. The molecule has 26 heavy (non-hydrogen) atoms. The Kier molecular flexibility index (Phi) is 7.76. The molecular weight excluding hydrogens is 378 g/mol. The number of Topliss-reactive ketones (excluding diaryl/α,β-unsaturated/α-hetero) is 1. The Balaban J connectivity index is 0.00000338. The normalized spacial score (nSPS) is 17.9. The largest absolute Gasteiger partial charge is 0.340 e. The lowest BCUT2D eigenvalue weighted by Crippen LogP contribution is -2.53. The highest BCUT2D eigenvalue weighted by Gasteiger charge is 2.32. The number of sulfonamides is 1. The highest BCUT2D eigenvalue weighted by molar-refractivity contribution is 7.89. The van der Waals surface area contributed by atoms with E-state index in [-0.39, 0.29) is 54.0 Å². The summed E-state index contributed by atoms with van der Waals surface area (Å²) < 4.78 is 26.8. The SMILES string of the molecule is CC(=O)c1ccc(S(=O)(=O)N2CCN(C(=O)C(C)C(C)N)CC2)cc1.Cl. The molecule has 0 aromatic heterocycles. The Labute approximate surface area is 161 Å². The predicted molar refractivity (Wildman–Crippen MR) is 102 cm³/mol. The van der Waals surface area contributed by atoms with Gasteiger partial charge in [0.15, 0.2) is 5.78 Å². The van der Waals surface area contributed by atoms with Gasteiger partial charge < -0.3 is 10.6 Å². The van der Waals surface area contributed by atoms with Gasteiger partial charge in [0.25, 0.3) is 0 Å². The lowest BCUT2D eigenvalue weighted by molar-refractivity contribution is -0.136. The zero-order valence-electron chi connectivity index (χ0n) is 15.2. The van der Waals surface area contributed by atoms with Crippen molar-refractivity contribution in [2.24, 2.45) is 11.7 Å². The van der Waals surface area contributed by atoms with Crippen LogP contribution < -0.4 is 5.73 Å². The summed E-state index contributed by atoms with van der Waals surface area (Å²) in [5.74, 6) is -0.445. The number of nitrogens with two attached hydrogens (primary N) is 1. The second-order valence-corrected chi connectivity index (χ2v) is 8.40. The number of piperazine rings is 1. The van der Waals surface area contributed by atoms with Crippen LogP contribution in [0.1, 0.15) is 31.1 Å². The number of carbonyl (C=O) groups excluding carboxylic acids is 2. The molecule has 1 heterocycles. The van der Waals surface area contributed by atoms with Crippen molar-refractivity contribution in [3.63, 3.8) is 0 Å². The van der Waals surface area contributed by atoms with Gasteiger partial charge in [-0.05, 0) is 26.0 Å². The maximum absolute atomic E-state index is 12.7. The molecule has 2 rings (SSSR count). The van der Waals surface area contributed by atoms with Crippen LogP contribution in [-0.4, -0.2) is 61.5 Å². The Morgan fingerprint density at radius 1 is 1.04 bits per heavy atom. The van der Waals surface area contributed by atoms with Crippen LogP contribution in [0.5, 0.6) is 0 Å². The Morgan fingerprint density at radius 3 is 1.96 bits per heavy atom. The quantitative estimate of drug-likeness (QED) is 0.742. The molecule has 0 saturated carbocycles. The van der Waals surface area contributed by atoms with Gasteiger partial charge in [0.1, 0.15) is 0 Å². The van der Waals surface area contributed by atoms with Crippen molar-refractivity contribution in [2.45, 2.75) is 31.7 Å². The van der Waals surface area contributed by atoms with E-state index in [9.17, 15) is 18.0 Å². The Hall–Kier alpha value is -1.48. The fraction of sp³-hybridized carbons (Fsp3) is 0.529.